The highest BCUT2D eigenvalue weighted by atomic mass is 32.1. The minimum absolute atomic E-state index is 0.0562. The monoisotopic (exact) mass is 458 g/mol. The van der Waals surface area contributed by atoms with E-state index in [1.807, 2.05) is 6.92 Å². The van der Waals surface area contributed by atoms with Crippen molar-refractivity contribution in [3.63, 3.8) is 0 Å². The Morgan fingerprint density at radius 3 is 2.41 bits per heavy atom. The number of hydrogen-bond acceptors (Lipinski definition) is 5. The van der Waals surface area contributed by atoms with Crippen molar-refractivity contribution < 1.29 is 23.5 Å². The smallest absolute Gasteiger partial charge is 0.269 e. The van der Waals surface area contributed by atoms with Crippen molar-refractivity contribution in [2.24, 2.45) is 0 Å². The van der Waals surface area contributed by atoms with Crippen LogP contribution in [0.4, 0.5) is 10.1 Å². The van der Waals surface area contributed by atoms with Gasteiger partial charge >= 0.3 is 0 Å². The molecule has 3 amide bonds. The van der Waals surface area contributed by atoms with Crippen LogP contribution in [-0.2, 0) is 9.59 Å². The zero-order valence-electron chi connectivity index (χ0n) is 17.6. The number of amides is 3. The van der Waals surface area contributed by atoms with E-state index in [9.17, 15) is 18.8 Å². The Morgan fingerprint density at radius 2 is 1.78 bits per heavy atom. The van der Waals surface area contributed by atoms with Crippen LogP contribution in [0.2, 0.25) is 0 Å². The Bertz CT molecular complexity index is 1010. The third kappa shape index (κ3) is 5.38. The summed E-state index contributed by atoms with van der Waals surface area (Å²) in [6.07, 6.45) is 0.652. The molecule has 2 aromatic carbocycles. The number of carbonyl (C=O) groups excluding carboxylic acids is 3. The van der Waals surface area contributed by atoms with Crippen molar-refractivity contribution in [2.75, 3.05) is 19.0 Å². The molecule has 8 nitrogen and oxygen atoms in total. The van der Waals surface area contributed by atoms with Gasteiger partial charge in [-0.2, -0.15) is 0 Å². The minimum atomic E-state index is -1.01. The maximum absolute atomic E-state index is 13.1. The number of thiocarbonyl (C=S) groups is 1. The van der Waals surface area contributed by atoms with Gasteiger partial charge < -0.3 is 10.1 Å². The van der Waals surface area contributed by atoms with Crippen molar-refractivity contribution in [3.05, 3.63) is 59.9 Å². The standard InChI is InChI=1S/C22H23FN4O4S/c1-3-12-31-17-10-8-16(9-11-17)24-19(28)13-18-21(30)26(2)22(32)27(18)25-20(29)14-4-6-15(23)7-5-14/h4-11,18H,3,12-13H2,1-2H3,(H,24,28)(H,25,29). The quantitative estimate of drug-likeness (QED) is 0.591. The van der Waals surface area contributed by atoms with Crippen molar-refractivity contribution in [1.82, 2.24) is 15.3 Å². The SMILES string of the molecule is CCCOc1ccc(NC(=O)CC2C(=O)N(C)C(=S)N2NC(=O)c2ccc(F)cc2)cc1. The maximum atomic E-state index is 13.1. The molecule has 0 saturated carbocycles. The highest BCUT2D eigenvalue weighted by molar-refractivity contribution is 7.80. The van der Waals surface area contributed by atoms with Gasteiger partial charge in [-0.3, -0.25) is 24.7 Å². The minimum Gasteiger partial charge on any atom is -0.494 e. The van der Waals surface area contributed by atoms with Gasteiger partial charge in [-0.1, -0.05) is 6.92 Å². The molecule has 168 valence electrons. The number of nitrogens with zero attached hydrogens (tertiary/aromatic N) is 2. The second-order valence-corrected chi connectivity index (χ2v) is 7.50. The third-order valence-electron chi connectivity index (χ3n) is 4.74. The molecule has 1 fully saturated rings. The highest BCUT2D eigenvalue weighted by Gasteiger charge is 2.42. The number of halogens is 1. The molecule has 1 saturated heterocycles. The Kier molecular flexibility index (Phi) is 7.37. The van der Waals surface area contributed by atoms with E-state index in [1.165, 1.54) is 29.1 Å². The van der Waals surface area contributed by atoms with Gasteiger partial charge in [0.2, 0.25) is 5.91 Å². The zero-order valence-corrected chi connectivity index (χ0v) is 18.4. The molecule has 1 aliphatic rings. The lowest BCUT2D eigenvalue weighted by molar-refractivity contribution is -0.130. The molecule has 2 aromatic rings. The molecule has 32 heavy (non-hydrogen) atoms. The summed E-state index contributed by atoms with van der Waals surface area (Å²) in [5.41, 5.74) is 3.27. The molecule has 2 N–H and O–H groups in total. The van der Waals surface area contributed by atoms with Gasteiger partial charge in [0.25, 0.3) is 11.8 Å². The van der Waals surface area contributed by atoms with Crippen molar-refractivity contribution in [3.8, 4) is 5.75 Å². The molecular weight excluding hydrogens is 435 g/mol. The predicted molar refractivity (Wildman–Crippen MR) is 120 cm³/mol. The van der Waals surface area contributed by atoms with Gasteiger partial charge in [0.05, 0.1) is 13.0 Å². The summed E-state index contributed by atoms with van der Waals surface area (Å²) < 4.78 is 18.6. The average Bonchev–Trinajstić information content (AvgIpc) is 2.97. The summed E-state index contributed by atoms with van der Waals surface area (Å²) >= 11 is 5.25. The number of ether oxygens (including phenoxy) is 1. The second kappa shape index (κ2) is 10.2. The molecule has 1 aliphatic heterocycles. The van der Waals surface area contributed by atoms with E-state index in [0.717, 1.165) is 18.6 Å². The van der Waals surface area contributed by atoms with E-state index in [2.05, 4.69) is 10.7 Å². The average molecular weight is 459 g/mol. The Balaban J connectivity index is 1.66. The first kappa shape index (κ1) is 23.1. The summed E-state index contributed by atoms with van der Waals surface area (Å²) in [7, 11) is 1.47. The first-order valence-electron chi connectivity index (χ1n) is 10.00. The van der Waals surface area contributed by atoms with Crippen LogP contribution in [0.25, 0.3) is 0 Å². The molecule has 0 aliphatic carbocycles. The first-order chi connectivity index (χ1) is 15.3. The van der Waals surface area contributed by atoms with Gasteiger partial charge in [0.1, 0.15) is 17.6 Å². The molecule has 1 atom stereocenters. The van der Waals surface area contributed by atoms with Crippen LogP contribution < -0.4 is 15.5 Å². The predicted octanol–water partition coefficient (Wildman–Crippen LogP) is 2.72. The van der Waals surface area contributed by atoms with Crippen LogP contribution in [-0.4, -0.2) is 52.4 Å². The molecule has 10 heteroatoms. The summed E-state index contributed by atoms with van der Waals surface area (Å²) in [4.78, 5) is 38.9. The number of likely N-dealkylation sites (N-methyl/N-ethyl adjacent to an activating group) is 1. The normalized spacial score (nSPS) is 15.7. The molecule has 0 radical (unpaired) electrons. The number of rotatable bonds is 8. The van der Waals surface area contributed by atoms with Gasteiger partial charge in [-0.15, -0.1) is 0 Å². The summed E-state index contributed by atoms with van der Waals surface area (Å²) in [5, 5.41) is 3.97. The summed E-state index contributed by atoms with van der Waals surface area (Å²) in [5.74, 6) is -1.22. The Morgan fingerprint density at radius 1 is 1.12 bits per heavy atom. The largest absolute Gasteiger partial charge is 0.494 e. The fraction of sp³-hybridized carbons (Fsp3) is 0.273. The van der Waals surface area contributed by atoms with E-state index in [1.54, 1.807) is 24.3 Å². The van der Waals surface area contributed by atoms with Crippen LogP contribution in [0.15, 0.2) is 48.5 Å². The maximum Gasteiger partial charge on any atom is 0.269 e. The Hall–Kier alpha value is -3.53. The van der Waals surface area contributed by atoms with Gasteiger partial charge in [-0.25, -0.2) is 9.40 Å². The number of carbonyl (C=O) groups is 3. The van der Waals surface area contributed by atoms with E-state index in [0.29, 0.717) is 18.0 Å². The van der Waals surface area contributed by atoms with Crippen molar-refractivity contribution in [1.29, 1.82) is 0 Å². The Labute approximate surface area is 190 Å². The van der Waals surface area contributed by atoms with E-state index in [4.69, 9.17) is 17.0 Å². The van der Waals surface area contributed by atoms with Crippen molar-refractivity contribution >= 4 is 40.7 Å². The van der Waals surface area contributed by atoms with E-state index < -0.39 is 29.6 Å². The topological polar surface area (TPSA) is 91.0 Å². The van der Waals surface area contributed by atoms with Crippen LogP contribution in [0.5, 0.6) is 5.75 Å². The van der Waals surface area contributed by atoms with Crippen LogP contribution in [0.3, 0.4) is 0 Å². The van der Waals surface area contributed by atoms with Crippen LogP contribution >= 0.6 is 12.2 Å². The third-order valence-corrected chi connectivity index (χ3v) is 5.21. The molecule has 0 aromatic heterocycles. The van der Waals surface area contributed by atoms with Gasteiger partial charge in [-0.05, 0) is 67.2 Å². The van der Waals surface area contributed by atoms with E-state index in [-0.39, 0.29) is 17.1 Å². The fourth-order valence-corrected chi connectivity index (χ4v) is 3.31. The highest BCUT2D eigenvalue weighted by Crippen LogP contribution is 2.20. The second-order valence-electron chi connectivity index (χ2n) is 7.14. The van der Waals surface area contributed by atoms with Gasteiger partial charge in [0, 0.05) is 18.3 Å². The lowest BCUT2D eigenvalue weighted by atomic mass is 10.2. The molecule has 1 unspecified atom stereocenters. The van der Waals surface area contributed by atoms with Crippen molar-refractivity contribution in [2.45, 2.75) is 25.8 Å². The fourth-order valence-electron chi connectivity index (χ4n) is 3.04. The van der Waals surface area contributed by atoms with Gasteiger partial charge in [0.15, 0.2) is 5.11 Å². The number of hydrogen-bond donors (Lipinski definition) is 2. The number of nitrogens with one attached hydrogen (secondary N) is 2. The van der Waals surface area contributed by atoms with Crippen LogP contribution in [0.1, 0.15) is 30.1 Å². The lowest BCUT2D eigenvalue weighted by Gasteiger charge is -2.24. The summed E-state index contributed by atoms with van der Waals surface area (Å²) in [6.45, 7) is 2.61. The molecule has 3 rings (SSSR count). The number of anilines is 1. The number of hydrazine groups is 1. The molecule has 0 spiro atoms. The number of benzene rings is 2. The first-order valence-corrected chi connectivity index (χ1v) is 10.4. The summed E-state index contributed by atoms with van der Waals surface area (Å²) in [6, 6.07) is 10.8. The lowest BCUT2D eigenvalue weighted by Crippen LogP contribution is -2.49. The molecular formula is C22H23FN4O4S. The zero-order chi connectivity index (χ0) is 23.3. The van der Waals surface area contributed by atoms with E-state index >= 15 is 0 Å². The van der Waals surface area contributed by atoms with Crippen LogP contribution in [0, 0.1) is 5.82 Å². The molecule has 1 heterocycles. The molecule has 0 bridgehead atoms.